The summed E-state index contributed by atoms with van der Waals surface area (Å²) in [6.45, 7) is 2.35. The molecule has 3 heteroatoms. The first-order valence-corrected chi connectivity index (χ1v) is 5.93. The molecule has 2 atom stereocenters. The van der Waals surface area contributed by atoms with Gasteiger partial charge in [-0.2, -0.15) is 0 Å². The van der Waals surface area contributed by atoms with E-state index in [1.807, 2.05) is 0 Å². The Morgan fingerprint density at radius 1 is 1.50 bits per heavy atom. The Bertz CT molecular complexity index is 140. The van der Waals surface area contributed by atoms with Crippen LogP contribution in [0.25, 0.3) is 0 Å². The third kappa shape index (κ3) is 3.75. The molecule has 0 aliphatic heterocycles. The fraction of sp³-hybridized carbons (Fsp3) is 1.00. The first kappa shape index (κ1) is 10.3. The Hall–Kier alpha value is 0.215. The number of rotatable bonds is 4. The molecule has 0 saturated heterocycles. The van der Waals surface area contributed by atoms with Crippen LogP contribution < -0.4 is 0 Å². The van der Waals surface area contributed by atoms with Gasteiger partial charge < -0.3 is 0 Å². The van der Waals surface area contributed by atoms with Gasteiger partial charge in [-0.25, -0.2) is 0 Å². The third-order valence-electron chi connectivity index (χ3n) is 2.76. The average Bonchev–Trinajstić information content (AvgIpc) is 2.05. The molecule has 0 spiro atoms. The van der Waals surface area contributed by atoms with Crippen molar-refractivity contribution in [2.45, 2.75) is 39.0 Å². The summed E-state index contributed by atoms with van der Waals surface area (Å²) in [4.78, 5) is 0. The van der Waals surface area contributed by atoms with Crippen molar-refractivity contribution in [2.75, 3.05) is 5.75 Å². The van der Waals surface area contributed by atoms with Gasteiger partial charge in [0.25, 0.3) is 0 Å². The monoisotopic (exact) mass is 184 g/mol. The number of hydrogen-bond donors (Lipinski definition) is 0. The Balaban J connectivity index is 2.09. The van der Waals surface area contributed by atoms with E-state index in [1.165, 1.54) is 43.7 Å². The maximum absolute atomic E-state index is 10.1. The number of hydrogen-bond acceptors (Lipinski definition) is 2. The van der Waals surface area contributed by atoms with Gasteiger partial charge >= 0.3 is 79.4 Å². The predicted molar refractivity (Wildman–Crippen MR) is 54.6 cm³/mol. The van der Waals surface area contributed by atoms with Crippen molar-refractivity contribution in [3.05, 3.63) is 0 Å². The van der Waals surface area contributed by atoms with E-state index in [2.05, 4.69) is 6.92 Å². The van der Waals surface area contributed by atoms with E-state index in [0.29, 0.717) is 0 Å². The van der Waals surface area contributed by atoms with Gasteiger partial charge in [-0.1, -0.05) is 0 Å². The molecular formula is C9H17BOS. The minimum atomic E-state index is 0.904. The molecule has 0 bridgehead atoms. The van der Waals surface area contributed by atoms with Gasteiger partial charge in [0.2, 0.25) is 0 Å². The second-order valence-electron chi connectivity index (χ2n) is 3.89. The molecule has 1 rings (SSSR count). The van der Waals surface area contributed by atoms with Crippen molar-refractivity contribution in [1.82, 2.24) is 0 Å². The van der Waals surface area contributed by atoms with Gasteiger partial charge in [0.1, 0.15) is 0 Å². The second-order valence-corrected chi connectivity index (χ2v) is 4.83. The minimum absolute atomic E-state index is 0.904. The Morgan fingerprint density at radius 3 is 3.00 bits per heavy atom. The molecule has 1 saturated carbocycles. The molecule has 1 aliphatic rings. The fourth-order valence-electron chi connectivity index (χ4n) is 2.10. The molecule has 0 radical (unpaired) electrons. The van der Waals surface area contributed by atoms with E-state index < -0.39 is 0 Å². The molecule has 0 aromatic carbocycles. The molecule has 0 heterocycles. The Morgan fingerprint density at radius 2 is 2.33 bits per heavy atom. The van der Waals surface area contributed by atoms with Gasteiger partial charge in [0.15, 0.2) is 0 Å². The zero-order valence-corrected chi connectivity index (χ0v) is 8.61. The molecule has 1 fully saturated rings. The Labute approximate surface area is 79.8 Å². The topological polar surface area (TPSA) is 17.1 Å². The van der Waals surface area contributed by atoms with Crippen LogP contribution in [-0.4, -0.2) is 12.2 Å². The van der Waals surface area contributed by atoms with E-state index >= 15 is 0 Å². The molecule has 1 aliphatic carbocycles. The van der Waals surface area contributed by atoms with Gasteiger partial charge in [-0.15, -0.1) is 0 Å². The van der Waals surface area contributed by atoms with Gasteiger partial charge in [0, 0.05) is 0 Å². The summed E-state index contributed by atoms with van der Waals surface area (Å²) >= 11 is 1.42. The first-order chi connectivity index (χ1) is 5.83. The summed E-state index contributed by atoms with van der Waals surface area (Å²) < 4.78 is 10.1. The molecule has 0 aromatic rings. The summed E-state index contributed by atoms with van der Waals surface area (Å²) in [7, 11) is 0. The molecule has 0 N–H and O–H groups in total. The normalized spacial score (nSPS) is 29.8. The van der Waals surface area contributed by atoms with Crippen molar-refractivity contribution in [2.24, 2.45) is 11.8 Å². The van der Waals surface area contributed by atoms with Crippen LogP contribution in [0.4, 0.5) is 0 Å². The van der Waals surface area contributed by atoms with Crippen molar-refractivity contribution >= 4 is 18.0 Å². The van der Waals surface area contributed by atoms with E-state index in [0.717, 1.165) is 24.0 Å². The van der Waals surface area contributed by atoms with Crippen LogP contribution in [0.2, 0.25) is 0 Å². The quantitative estimate of drug-likeness (QED) is 0.493. The average molecular weight is 184 g/mol. The van der Waals surface area contributed by atoms with Gasteiger partial charge in [-0.3, -0.25) is 0 Å². The molecule has 1 nitrogen and oxygen atoms in total. The molecule has 0 aromatic heterocycles. The van der Waals surface area contributed by atoms with Crippen molar-refractivity contribution in [3.8, 4) is 0 Å². The van der Waals surface area contributed by atoms with E-state index in [-0.39, 0.29) is 0 Å². The van der Waals surface area contributed by atoms with Gasteiger partial charge in [0.05, 0.1) is 0 Å². The van der Waals surface area contributed by atoms with Crippen LogP contribution in [0.5, 0.6) is 0 Å². The molecule has 2 unspecified atom stereocenters. The summed E-state index contributed by atoms with van der Waals surface area (Å²) in [6, 6.07) is 0. The van der Waals surface area contributed by atoms with Crippen LogP contribution >= 0.6 is 11.6 Å². The van der Waals surface area contributed by atoms with Crippen LogP contribution in [0.3, 0.4) is 0 Å². The van der Waals surface area contributed by atoms with Crippen LogP contribution in [0.1, 0.15) is 39.0 Å². The molecule has 12 heavy (non-hydrogen) atoms. The molecular weight excluding hydrogens is 167 g/mol. The van der Waals surface area contributed by atoms with E-state index in [1.54, 1.807) is 0 Å². The Kier molecular flexibility index (Phi) is 4.97. The summed E-state index contributed by atoms with van der Waals surface area (Å²) in [6.07, 6.45) is 7.80. The molecule has 68 valence electrons. The standard InChI is InChI=1S/C9H17BOS/c1-8-3-2-4-9(7-8)5-6-12-10-11/h8-9H,2-7H2,1H3. The summed E-state index contributed by atoms with van der Waals surface area (Å²) in [5.74, 6) is 2.85. The van der Waals surface area contributed by atoms with Crippen LogP contribution in [-0.2, 0) is 4.70 Å². The van der Waals surface area contributed by atoms with Crippen molar-refractivity contribution < 1.29 is 4.70 Å². The fourth-order valence-corrected chi connectivity index (χ4v) is 2.67. The maximum atomic E-state index is 10.1. The van der Waals surface area contributed by atoms with Crippen LogP contribution in [0.15, 0.2) is 0 Å². The van der Waals surface area contributed by atoms with E-state index in [4.69, 9.17) is 0 Å². The summed E-state index contributed by atoms with van der Waals surface area (Å²) in [5, 5.41) is 0. The van der Waals surface area contributed by atoms with Crippen molar-refractivity contribution in [3.63, 3.8) is 0 Å². The van der Waals surface area contributed by atoms with Gasteiger partial charge in [-0.05, 0) is 0 Å². The van der Waals surface area contributed by atoms with E-state index in [9.17, 15) is 4.70 Å². The molecule has 0 amide bonds. The van der Waals surface area contributed by atoms with Crippen LogP contribution in [0, 0.1) is 11.8 Å². The zero-order chi connectivity index (χ0) is 8.81. The predicted octanol–water partition coefficient (Wildman–Crippen LogP) is 2.90. The summed E-state index contributed by atoms with van der Waals surface area (Å²) in [5.41, 5.74) is 0. The zero-order valence-electron chi connectivity index (χ0n) is 7.79. The van der Waals surface area contributed by atoms with Crippen molar-refractivity contribution in [1.29, 1.82) is 0 Å². The first-order valence-electron chi connectivity index (χ1n) is 4.88. The second kappa shape index (κ2) is 5.79. The SMILES string of the molecule is CC1CCCC(CCSB=O)C1. The third-order valence-corrected chi connectivity index (χ3v) is 3.36.